The van der Waals surface area contributed by atoms with E-state index < -0.39 is 11.2 Å². The van der Waals surface area contributed by atoms with Crippen LogP contribution in [0, 0.1) is 0 Å². The van der Waals surface area contributed by atoms with Crippen molar-refractivity contribution in [3.63, 3.8) is 0 Å². The third kappa shape index (κ3) is 4.73. The monoisotopic (exact) mass is 371 g/mol. The van der Waals surface area contributed by atoms with Crippen molar-refractivity contribution in [2.75, 3.05) is 12.4 Å². The zero-order valence-electron chi connectivity index (χ0n) is 15.1. The van der Waals surface area contributed by atoms with Gasteiger partial charge in [0, 0.05) is 14.1 Å². The fraction of sp³-hybridized carbons (Fsp3) is 0.600. The summed E-state index contributed by atoms with van der Waals surface area (Å²) in [5, 5.41) is 12.1. The molecule has 0 spiro atoms. The second kappa shape index (κ2) is 9.42. The van der Waals surface area contributed by atoms with E-state index in [0.29, 0.717) is 11.6 Å². The van der Waals surface area contributed by atoms with Crippen LogP contribution in [0.5, 0.6) is 0 Å². The number of aromatic nitrogens is 4. The highest BCUT2D eigenvalue weighted by atomic mass is 32.2. The first kappa shape index (κ1) is 21.0. The highest BCUT2D eigenvalue weighted by Gasteiger charge is 2.15. The lowest BCUT2D eigenvalue weighted by molar-refractivity contribution is -0.119. The summed E-state index contributed by atoms with van der Waals surface area (Å²) in [5.74, 6) is -0.150. The Balaban J connectivity index is 0.00000151. The minimum atomic E-state index is -0.461. The van der Waals surface area contributed by atoms with Gasteiger partial charge in [-0.05, 0) is 6.42 Å². The van der Waals surface area contributed by atoms with Gasteiger partial charge in [0.25, 0.3) is 5.56 Å². The average molecular weight is 371 g/mol. The molecule has 3 N–H and O–H groups in total. The van der Waals surface area contributed by atoms with Crippen LogP contribution >= 0.6 is 11.8 Å². The first-order chi connectivity index (χ1) is 11.9. The Bertz CT molecular complexity index is 835. The molecule has 2 heterocycles. The van der Waals surface area contributed by atoms with Gasteiger partial charge in [0.15, 0.2) is 16.3 Å². The van der Waals surface area contributed by atoms with E-state index in [1.54, 1.807) is 0 Å². The molecule has 0 aliphatic carbocycles. The molecule has 140 valence electrons. The van der Waals surface area contributed by atoms with Crippen molar-refractivity contribution >= 4 is 28.8 Å². The molecule has 0 aliphatic heterocycles. The van der Waals surface area contributed by atoms with Crippen LogP contribution in [0.25, 0.3) is 11.2 Å². The van der Waals surface area contributed by atoms with E-state index in [1.165, 1.54) is 18.7 Å². The summed E-state index contributed by atoms with van der Waals surface area (Å²) in [4.78, 5) is 42.7. The Morgan fingerprint density at radius 1 is 1.32 bits per heavy atom. The van der Waals surface area contributed by atoms with Gasteiger partial charge in [0.1, 0.15) is 0 Å². The average Bonchev–Trinajstić information content (AvgIpc) is 3.07. The maximum Gasteiger partial charge on any atom is 0.332 e. The molecule has 0 radical (unpaired) electrons. The van der Waals surface area contributed by atoms with E-state index in [2.05, 4.69) is 15.3 Å². The summed E-state index contributed by atoms with van der Waals surface area (Å²) in [6.07, 6.45) is 0.635. The second-order valence-electron chi connectivity index (χ2n) is 5.09. The summed E-state index contributed by atoms with van der Waals surface area (Å²) < 4.78 is 2.27. The van der Waals surface area contributed by atoms with Crippen LogP contribution in [-0.2, 0) is 18.9 Å². The molecule has 0 aliphatic rings. The number of aliphatic hydroxyl groups excluding tert-OH is 1. The lowest BCUT2D eigenvalue weighted by Gasteiger charge is -2.13. The molecule has 0 saturated carbocycles. The molecule has 25 heavy (non-hydrogen) atoms. The molecule has 0 aromatic carbocycles. The molecule has 10 heteroatoms. The van der Waals surface area contributed by atoms with Gasteiger partial charge >= 0.3 is 5.69 Å². The van der Waals surface area contributed by atoms with E-state index in [4.69, 9.17) is 5.11 Å². The van der Waals surface area contributed by atoms with Gasteiger partial charge in [-0.3, -0.25) is 18.7 Å². The van der Waals surface area contributed by atoms with Crippen molar-refractivity contribution in [3.05, 3.63) is 20.8 Å². The zero-order valence-corrected chi connectivity index (χ0v) is 15.9. The molecule has 0 saturated heterocycles. The van der Waals surface area contributed by atoms with Gasteiger partial charge in [-0.15, -0.1) is 0 Å². The Morgan fingerprint density at radius 3 is 2.52 bits per heavy atom. The van der Waals surface area contributed by atoms with Crippen molar-refractivity contribution in [2.45, 2.75) is 38.4 Å². The molecular formula is C15H25N5O4S. The Kier molecular flexibility index (Phi) is 7.91. The largest absolute Gasteiger partial charge is 0.394 e. The molecule has 9 nitrogen and oxygen atoms in total. The molecule has 2 rings (SSSR count). The fourth-order valence-electron chi connectivity index (χ4n) is 2.05. The number of rotatable bonds is 6. The molecule has 2 aromatic heterocycles. The lowest BCUT2D eigenvalue weighted by atomic mass is 10.2. The van der Waals surface area contributed by atoms with Crippen molar-refractivity contribution < 1.29 is 9.90 Å². The van der Waals surface area contributed by atoms with Crippen LogP contribution in [0.15, 0.2) is 14.7 Å². The number of carbonyl (C=O) groups is 1. The summed E-state index contributed by atoms with van der Waals surface area (Å²) in [6, 6.07) is -0.271. The topological polar surface area (TPSA) is 122 Å². The van der Waals surface area contributed by atoms with Crippen LogP contribution in [-0.4, -0.2) is 48.5 Å². The minimum absolute atomic E-state index is 0.0879. The maximum atomic E-state index is 12.0. The van der Waals surface area contributed by atoms with Gasteiger partial charge in [-0.1, -0.05) is 32.5 Å². The Hall–Kier alpha value is -2.07. The number of nitrogens with zero attached hydrogens (tertiary/aromatic N) is 3. The van der Waals surface area contributed by atoms with E-state index in [0.717, 1.165) is 16.3 Å². The molecule has 0 fully saturated rings. The summed E-state index contributed by atoms with van der Waals surface area (Å²) in [6.45, 7) is 5.75. The number of aliphatic hydroxyl groups is 1. The maximum absolute atomic E-state index is 12.0. The van der Waals surface area contributed by atoms with Crippen molar-refractivity contribution in [1.82, 2.24) is 24.4 Å². The highest BCUT2D eigenvalue weighted by Crippen LogP contribution is 2.16. The number of fused-ring (bicyclic) bond motifs is 1. The number of H-pyrrole nitrogens is 1. The van der Waals surface area contributed by atoms with Crippen LogP contribution in [0.2, 0.25) is 0 Å². The van der Waals surface area contributed by atoms with Crippen molar-refractivity contribution in [3.8, 4) is 0 Å². The third-order valence-corrected chi connectivity index (χ3v) is 4.36. The van der Waals surface area contributed by atoms with E-state index in [1.807, 2.05) is 20.8 Å². The quantitative estimate of drug-likeness (QED) is 0.613. The first-order valence-corrected chi connectivity index (χ1v) is 9.06. The second-order valence-corrected chi connectivity index (χ2v) is 6.05. The van der Waals surface area contributed by atoms with Crippen LogP contribution in [0.1, 0.15) is 27.2 Å². The van der Waals surface area contributed by atoms with Crippen molar-refractivity contribution in [1.29, 1.82) is 0 Å². The van der Waals surface area contributed by atoms with Gasteiger partial charge in [0.2, 0.25) is 5.91 Å². The van der Waals surface area contributed by atoms with Gasteiger partial charge in [-0.2, -0.15) is 0 Å². The van der Waals surface area contributed by atoms with E-state index in [9.17, 15) is 14.4 Å². The molecule has 1 atom stereocenters. The molecule has 1 amide bonds. The predicted molar refractivity (Wildman–Crippen MR) is 98.0 cm³/mol. The number of nitrogens with one attached hydrogen (secondary N) is 2. The normalized spacial score (nSPS) is 11.8. The number of aromatic amines is 1. The predicted octanol–water partition coefficient (Wildman–Crippen LogP) is -0.0343. The highest BCUT2D eigenvalue weighted by molar-refractivity contribution is 7.99. The molecular weight excluding hydrogens is 346 g/mol. The first-order valence-electron chi connectivity index (χ1n) is 8.07. The third-order valence-electron chi connectivity index (χ3n) is 3.49. The number of amides is 1. The molecule has 1 unspecified atom stereocenters. The summed E-state index contributed by atoms with van der Waals surface area (Å²) >= 11 is 1.12. The van der Waals surface area contributed by atoms with Crippen LogP contribution in [0.4, 0.5) is 0 Å². The zero-order chi connectivity index (χ0) is 19.1. The van der Waals surface area contributed by atoms with E-state index in [-0.39, 0.29) is 35.5 Å². The SMILES string of the molecule is CC.CCC(CO)NC(=O)CSc1nc2c([nH]1)c(=O)n(C)c(=O)n2C. The lowest BCUT2D eigenvalue weighted by Crippen LogP contribution is -2.37. The van der Waals surface area contributed by atoms with Gasteiger partial charge < -0.3 is 15.4 Å². The number of carbonyl (C=O) groups excluding carboxylic acids is 1. The summed E-state index contributed by atoms with van der Waals surface area (Å²) in [5.41, 5.74) is -0.447. The summed E-state index contributed by atoms with van der Waals surface area (Å²) in [7, 11) is 2.92. The minimum Gasteiger partial charge on any atom is -0.394 e. The number of imidazole rings is 1. The number of hydrogen-bond donors (Lipinski definition) is 3. The molecule has 2 aromatic rings. The number of aryl methyl sites for hydroxylation is 1. The van der Waals surface area contributed by atoms with Crippen molar-refractivity contribution in [2.24, 2.45) is 14.1 Å². The smallest absolute Gasteiger partial charge is 0.332 e. The van der Waals surface area contributed by atoms with Gasteiger partial charge in [0.05, 0.1) is 18.4 Å². The standard InChI is InChI=1S/C13H19N5O4S.C2H6/c1-4-7(5-19)14-8(20)6-23-12-15-9-10(16-12)17(2)13(22)18(3)11(9)21;1-2/h7,19H,4-6H2,1-3H3,(H,14,20)(H,15,16);1-2H3. The number of thioether (sulfide) groups is 1. The van der Waals surface area contributed by atoms with Crippen LogP contribution in [0.3, 0.4) is 0 Å². The number of hydrogen-bond acceptors (Lipinski definition) is 6. The Labute approximate surface area is 149 Å². The van der Waals surface area contributed by atoms with E-state index >= 15 is 0 Å². The van der Waals surface area contributed by atoms with Gasteiger partial charge in [-0.25, -0.2) is 9.78 Å². The fourth-order valence-corrected chi connectivity index (χ4v) is 2.73. The van der Waals surface area contributed by atoms with Crippen LogP contribution < -0.4 is 16.6 Å². The molecule has 0 bridgehead atoms. The Morgan fingerprint density at radius 2 is 1.96 bits per heavy atom.